The van der Waals surface area contributed by atoms with Gasteiger partial charge in [-0.3, -0.25) is 9.78 Å². The van der Waals surface area contributed by atoms with Gasteiger partial charge in [-0.15, -0.1) is 0 Å². The minimum atomic E-state index is -0.765. The van der Waals surface area contributed by atoms with Crippen molar-refractivity contribution < 1.29 is 14.2 Å². The fraction of sp³-hybridized carbons (Fsp3) is 0.111. The molecule has 6 nitrogen and oxygen atoms in total. The monoisotopic (exact) mass is 342 g/mol. The maximum atomic E-state index is 13.0. The van der Waals surface area contributed by atoms with E-state index in [4.69, 9.17) is 4.74 Å². The van der Waals surface area contributed by atoms with Crippen molar-refractivity contribution in [3.05, 3.63) is 86.3 Å². The van der Waals surface area contributed by atoms with E-state index in [-0.39, 0.29) is 12.0 Å². The first kappa shape index (κ1) is 16.5. The molecule has 0 saturated carbocycles. The van der Waals surface area contributed by atoms with Gasteiger partial charge >= 0.3 is 5.69 Å². The lowest BCUT2D eigenvalue weighted by Crippen LogP contribution is -2.31. The van der Waals surface area contributed by atoms with E-state index in [0.717, 1.165) is 4.57 Å². The van der Waals surface area contributed by atoms with Crippen LogP contribution in [0.1, 0.15) is 11.1 Å². The van der Waals surface area contributed by atoms with Crippen molar-refractivity contribution in [2.45, 2.75) is 6.42 Å². The Balaban J connectivity index is 2.13. The smallest absolute Gasteiger partial charge is 0.335 e. The summed E-state index contributed by atoms with van der Waals surface area (Å²) in [7, 11) is 1.48. The standard InChI is InChI=1S/C18H15FN2O4/c1-25-14-4-2-3-13(10-14)21-17(23)15(16(22)20-18(21)24)9-11-5-7-12(19)8-6-11/h2-8,10,23H,9H2,1H3,(H,20,22,24). The maximum Gasteiger partial charge on any atom is 0.335 e. The van der Waals surface area contributed by atoms with Gasteiger partial charge in [-0.1, -0.05) is 18.2 Å². The van der Waals surface area contributed by atoms with Crippen LogP contribution in [0.5, 0.6) is 11.6 Å². The number of benzene rings is 2. The van der Waals surface area contributed by atoms with Gasteiger partial charge in [-0.2, -0.15) is 0 Å². The van der Waals surface area contributed by atoms with E-state index in [1.165, 1.54) is 31.4 Å². The van der Waals surface area contributed by atoms with Gasteiger partial charge in [0.2, 0.25) is 5.88 Å². The van der Waals surface area contributed by atoms with Gasteiger partial charge in [-0.25, -0.2) is 13.8 Å². The summed E-state index contributed by atoms with van der Waals surface area (Å²) >= 11 is 0. The van der Waals surface area contributed by atoms with Crippen molar-refractivity contribution >= 4 is 0 Å². The normalized spacial score (nSPS) is 10.6. The second-order valence-corrected chi connectivity index (χ2v) is 5.40. The van der Waals surface area contributed by atoms with E-state index in [1.54, 1.807) is 24.3 Å². The molecule has 0 amide bonds. The Labute approximate surface area is 141 Å². The fourth-order valence-electron chi connectivity index (χ4n) is 2.52. The van der Waals surface area contributed by atoms with Gasteiger partial charge in [0, 0.05) is 12.5 Å². The summed E-state index contributed by atoms with van der Waals surface area (Å²) in [5, 5.41) is 10.5. The summed E-state index contributed by atoms with van der Waals surface area (Å²) < 4.78 is 19.1. The zero-order chi connectivity index (χ0) is 18.0. The average Bonchev–Trinajstić information content (AvgIpc) is 2.60. The van der Waals surface area contributed by atoms with Crippen molar-refractivity contribution in [2.75, 3.05) is 7.11 Å². The highest BCUT2D eigenvalue weighted by atomic mass is 19.1. The van der Waals surface area contributed by atoms with E-state index in [1.807, 2.05) is 0 Å². The number of hydrogen-bond donors (Lipinski definition) is 2. The molecule has 0 saturated heterocycles. The van der Waals surface area contributed by atoms with E-state index >= 15 is 0 Å². The molecule has 3 aromatic rings. The lowest BCUT2D eigenvalue weighted by Gasteiger charge is -2.12. The summed E-state index contributed by atoms with van der Waals surface area (Å²) in [5.74, 6) is -0.371. The molecule has 25 heavy (non-hydrogen) atoms. The number of methoxy groups -OCH3 is 1. The molecular formula is C18H15FN2O4. The molecule has 0 atom stereocenters. The van der Waals surface area contributed by atoms with Crippen LogP contribution in [-0.2, 0) is 6.42 Å². The van der Waals surface area contributed by atoms with E-state index < -0.39 is 22.9 Å². The highest BCUT2D eigenvalue weighted by Gasteiger charge is 2.16. The Morgan fingerprint density at radius 3 is 2.56 bits per heavy atom. The molecule has 0 aliphatic heterocycles. The molecule has 1 aromatic heterocycles. The van der Waals surface area contributed by atoms with Crippen LogP contribution in [0.4, 0.5) is 4.39 Å². The number of H-pyrrole nitrogens is 1. The molecule has 0 fully saturated rings. The number of aromatic amines is 1. The van der Waals surface area contributed by atoms with Gasteiger partial charge in [0.25, 0.3) is 5.56 Å². The third-order valence-corrected chi connectivity index (χ3v) is 3.79. The van der Waals surface area contributed by atoms with Crippen molar-refractivity contribution in [1.29, 1.82) is 0 Å². The van der Waals surface area contributed by atoms with Crippen LogP contribution in [0.2, 0.25) is 0 Å². The van der Waals surface area contributed by atoms with E-state index in [9.17, 15) is 19.1 Å². The fourth-order valence-corrected chi connectivity index (χ4v) is 2.52. The molecule has 1 heterocycles. The minimum Gasteiger partial charge on any atom is -0.497 e. The zero-order valence-electron chi connectivity index (χ0n) is 13.3. The lowest BCUT2D eigenvalue weighted by atomic mass is 10.1. The Hall–Kier alpha value is -3.35. The molecule has 128 valence electrons. The molecule has 2 aromatic carbocycles. The predicted octanol–water partition coefficient (Wildman–Crippen LogP) is 1.97. The first-order valence-electron chi connectivity index (χ1n) is 7.45. The maximum absolute atomic E-state index is 13.0. The third-order valence-electron chi connectivity index (χ3n) is 3.79. The highest BCUT2D eigenvalue weighted by Crippen LogP contribution is 2.22. The largest absolute Gasteiger partial charge is 0.497 e. The molecule has 0 aliphatic carbocycles. The first-order valence-corrected chi connectivity index (χ1v) is 7.45. The van der Waals surface area contributed by atoms with Gasteiger partial charge in [0.05, 0.1) is 18.4 Å². The number of aromatic nitrogens is 2. The molecule has 0 bridgehead atoms. The van der Waals surface area contributed by atoms with Crippen LogP contribution in [0.15, 0.2) is 58.1 Å². The average molecular weight is 342 g/mol. The summed E-state index contributed by atoms with van der Waals surface area (Å²) in [5.41, 5.74) is -0.477. The molecule has 0 unspecified atom stereocenters. The Morgan fingerprint density at radius 2 is 1.88 bits per heavy atom. The van der Waals surface area contributed by atoms with Crippen LogP contribution >= 0.6 is 0 Å². The van der Waals surface area contributed by atoms with Crippen molar-refractivity contribution in [3.8, 4) is 17.3 Å². The number of nitrogens with one attached hydrogen (secondary N) is 1. The van der Waals surface area contributed by atoms with Crippen LogP contribution < -0.4 is 16.0 Å². The first-order chi connectivity index (χ1) is 12.0. The number of rotatable bonds is 4. The predicted molar refractivity (Wildman–Crippen MR) is 90.1 cm³/mol. The molecule has 0 spiro atoms. The van der Waals surface area contributed by atoms with Crippen molar-refractivity contribution in [2.24, 2.45) is 0 Å². The topological polar surface area (TPSA) is 84.3 Å². The van der Waals surface area contributed by atoms with Crippen molar-refractivity contribution in [3.63, 3.8) is 0 Å². The number of halogens is 1. The van der Waals surface area contributed by atoms with Gasteiger partial charge in [0.15, 0.2) is 0 Å². The van der Waals surface area contributed by atoms with E-state index in [2.05, 4.69) is 4.98 Å². The lowest BCUT2D eigenvalue weighted by molar-refractivity contribution is 0.412. The summed E-state index contributed by atoms with van der Waals surface area (Å²) in [4.78, 5) is 26.5. The number of hydrogen-bond acceptors (Lipinski definition) is 4. The van der Waals surface area contributed by atoms with Gasteiger partial charge in [-0.05, 0) is 29.8 Å². The number of nitrogens with zero attached hydrogens (tertiary/aromatic N) is 1. The molecule has 0 radical (unpaired) electrons. The van der Waals surface area contributed by atoms with Crippen LogP contribution in [0, 0.1) is 5.82 Å². The van der Waals surface area contributed by atoms with Crippen LogP contribution in [0.25, 0.3) is 5.69 Å². The van der Waals surface area contributed by atoms with Crippen LogP contribution in [-0.4, -0.2) is 21.8 Å². The SMILES string of the molecule is COc1cccc(-n2c(O)c(Cc3ccc(F)cc3)c(=O)[nH]c2=O)c1. The number of aromatic hydroxyl groups is 1. The second-order valence-electron chi connectivity index (χ2n) is 5.40. The Morgan fingerprint density at radius 1 is 1.16 bits per heavy atom. The third kappa shape index (κ3) is 3.30. The van der Waals surface area contributed by atoms with Crippen LogP contribution in [0.3, 0.4) is 0 Å². The summed E-state index contributed by atoms with van der Waals surface area (Å²) in [6, 6.07) is 12.0. The highest BCUT2D eigenvalue weighted by molar-refractivity contribution is 5.43. The Kier molecular flexibility index (Phi) is 4.38. The Bertz CT molecular complexity index is 1020. The molecular weight excluding hydrogens is 327 g/mol. The van der Waals surface area contributed by atoms with Gasteiger partial charge in [0.1, 0.15) is 11.6 Å². The van der Waals surface area contributed by atoms with Gasteiger partial charge < -0.3 is 9.84 Å². The van der Waals surface area contributed by atoms with Crippen molar-refractivity contribution in [1.82, 2.24) is 9.55 Å². The molecule has 7 heteroatoms. The number of ether oxygens (including phenoxy) is 1. The quantitative estimate of drug-likeness (QED) is 0.759. The minimum absolute atomic E-state index is 0.00836. The summed E-state index contributed by atoms with van der Waals surface area (Å²) in [6.45, 7) is 0. The molecule has 2 N–H and O–H groups in total. The summed E-state index contributed by atoms with van der Waals surface area (Å²) in [6.07, 6.45) is 0.0473. The molecule has 0 aliphatic rings. The molecule has 3 rings (SSSR count). The van der Waals surface area contributed by atoms with E-state index in [0.29, 0.717) is 17.0 Å². The second kappa shape index (κ2) is 6.64. The zero-order valence-corrected chi connectivity index (χ0v) is 13.3.